The van der Waals surface area contributed by atoms with Crippen LogP contribution in [0.2, 0.25) is 0 Å². The van der Waals surface area contributed by atoms with Crippen LogP contribution in [0.5, 0.6) is 0 Å². The van der Waals surface area contributed by atoms with Gasteiger partial charge in [-0.15, -0.1) is 0 Å². The number of para-hydroxylation sites is 1. The molecule has 3 amide bonds. The highest BCUT2D eigenvalue weighted by Gasteiger charge is 2.28. The first-order chi connectivity index (χ1) is 15.1. The van der Waals surface area contributed by atoms with E-state index in [1.165, 1.54) is 11.3 Å². The third kappa shape index (κ3) is 5.57. The van der Waals surface area contributed by atoms with Gasteiger partial charge in [0.1, 0.15) is 0 Å². The summed E-state index contributed by atoms with van der Waals surface area (Å²) in [5, 5.41) is 2.98. The summed E-state index contributed by atoms with van der Waals surface area (Å²) in [5.74, 6) is 0.454. The number of anilines is 2. The summed E-state index contributed by atoms with van der Waals surface area (Å²) in [6, 6.07) is 18.1. The largest absolute Gasteiger partial charge is 0.368 e. The van der Waals surface area contributed by atoms with Crippen LogP contribution < -0.4 is 10.2 Å². The second-order valence-electron chi connectivity index (χ2n) is 8.66. The number of piperazine rings is 1. The van der Waals surface area contributed by atoms with Crippen LogP contribution in [0.3, 0.4) is 0 Å². The predicted octanol–water partition coefficient (Wildman–Crippen LogP) is 3.98. The van der Waals surface area contributed by atoms with Crippen molar-refractivity contribution in [2.75, 3.05) is 49.5 Å². The second-order valence-corrected chi connectivity index (χ2v) is 8.66. The Morgan fingerprint density at radius 1 is 0.903 bits per heavy atom. The zero-order chi connectivity index (χ0) is 21.6. The molecule has 1 N–H and O–H groups in total. The highest BCUT2D eigenvalue weighted by Crippen LogP contribution is 2.23. The van der Waals surface area contributed by atoms with Crippen molar-refractivity contribution < 1.29 is 9.59 Å². The number of urea groups is 1. The molecule has 2 aromatic carbocycles. The lowest BCUT2D eigenvalue weighted by Gasteiger charge is -2.38. The Hall–Kier alpha value is -3.02. The van der Waals surface area contributed by atoms with Gasteiger partial charge >= 0.3 is 6.03 Å². The number of aryl methyl sites for hydroxylation is 1. The molecule has 0 radical (unpaired) electrons. The average Bonchev–Trinajstić information content (AvgIpc) is 2.81. The van der Waals surface area contributed by atoms with Crippen LogP contribution in [0.4, 0.5) is 16.2 Å². The monoisotopic (exact) mass is 420 g/mol. The van der Waals surface area contributed by atoms with Gasteiger partial charge in [-0.1, -0.05) is 35.9 Å². The van der Waals surface area contributed by atoms with Crippen LogP contribution in [0.25, 0.3) is 0 Å². The molecule has 6 nitrogen and oxygen atoms in total. The summed E-state index contributed by atoms with van der Waals surface area (Å²) in [6.07, 6.45) is 2.48. The molecule has 0 spiro atoms. The molecule has 0 bridgehead atoms. The topological polar surface area (TPSA) is 55.9 Å². The van der Waals surface area contributed by atoms with Gasteiger partial charge in [-0.3, -0.25) is 4.79 Å². The zero-order valence-corrected chi connectivity index (χ0v) is 18.3. The number of carbonyl (C=O) groups is 2. The van der Waals surface area contributed by atoms with Gasteiger partial charge in [0, 0.05) is 57.1 Å². The number of rotatable bonds is 4. The van der Waals surface area contributed by atoms with Crippen molar-refractivity contribution in [3.05, 3.63) is 60.2 Å². The van der Waals surface area contributed by atoms with Crippen LogP contribution in [-0.2, 0) is 4.79 Å². The van der Waals surface area contributed by atoms with Gasteiger partial charge in [0.05, 0.1) is 0 Å². The van der Waals surface area contributed by atoms with E-state index in [1.807, 2.05) is 47.1 Å². The number of amides is 3. The first-order valence-corrected chi connectivity index (χ1v) is 11.3. The zero-order valence-electron chi connectivity index (χ0n) is 18.3. The van der Waals surface area contributed by atoms with E-state index in [2.05, 4.69) is 34.5 Å². The summed E-state index contributed by atoms with van der Waals surface area (Å²) in [7, 11) is 0. The molecule has 0 saturated carbocycles. The lowest BCUT2D eigenvalue weighted by molar-refractivity contribution is -0.132. The first kappa shape index (κ1) is 21.2. The molecule has 2 aliphatic rings. The number of hydrogen-bond acceptors (Lipinski definition) is 3. The van der Waals surface area contributed by atoms with E-state index in [1.54, 1.807) is 0 Å². The number of benzene rings is 2. The van der Waals surface area contributed by atoms with Crippen molar-refractivity contribution in [2.24, 2.45) is 5.92 Å². The molecule has 164 valence electrons. The normalized spacial score (nSPS) is 19.3. The number of nitrogens with zero attached hydrogens (tertiary/aromatic N) is 3. The van der Waals surface area contributed by atoms with Gasteiger partial charge in [-0.25, -0.2) is 4.79 Å². The van der Waals surface area contributed by atoms with E-state index in [-0.39, 0.29) is 17.9 Å². The van der Waals surface area contributed by atoms with Gasteiger partial charge in [0.25, 0.3) is 0 Å². The molecule has 2 fully saturated rings. The minimum Gasteiger partial charge on any atom is -0.368 e. The quantitative estimate of drug-likeness (QED) is 0.814. The third-order valence-corrected chi connectivity index (χ3v) is 6.33. The molecule has 0 aliphatic carbocycles. The summed E-state index contributed by atoms with van der Waals surface area (Å²) in [6.45, 7) is 6.68. The van der Waals surface area contributed by atoms with Crippen molar-refractivity contribution in [1.29, 1.82) is 0 Å². The summed E-state index contributed by atoms with van der Waals surface area (Å²) in [5.41, 5.74) is 3.20. The summed E-state index contributed by atoms with van der Waals surface area (Å²) < 4.78 is 0. The smallest absolute Gasteiger partial charge is 0.321 e. The lowest BCUT2D eigenvalue weighted by atomic mass is 9.94. The molecule has 2 saturated heterocycles. The number of likely N-dealkylation sites (tertiary alicyclic amines) is 1. The van der Waals surface area contributed by atoms with Gasteiger partial charge in [0.15, 0.2) is 0 Å². The van der Waals surface area contributed by atoms with Crippen LogP contribution in [0.15, 0.2) is 54.6 Å². The lowest BCUT2D eigenvalue weighted by Crippen LogP contribution is -2.50. The molecule has 31 heavy (non-hydrogen) atoms. The van der Waals surface area contributed by atoms with Gasteiger partial charge < -0.3 is 20.0 Å². The predicted molar refractivity (Wildman–Crippen MR) is 124 cm³/mol. The fourth-order valence-corrected chi connectivity index (χ4v) is 4.48. The minimum atomic E-state index is -0.0718. The van der Waals surface area contributed by atoms with E-state index in [0.29, 0.717) is 13.0 Å². The van der Waals surface area contributed by atoms with E-state index in [4.69, 9.17) is 0 Å². The summed E-state index contributed by atoms with van der Waals surface area (Å²) in [4.78, 5) is 31.7. The fraction of sp³-hybridized carbons (Fsp3) is 0.440. The number of hydrogen-bond donors (Lipinski definition) is 1. The SMILES string of the molecule is Cc1ccc(NC(=O)N2CCCC(CC(=O)N3CCN(c4ccccc4)CC3)C2)cc1. The number of nitrogens with one attached hydrogen (secondary N) is 1. The number of piperidine rings is 1. The van der Waals surface area contributed by atoms with Crippen molar-refractivity contribution in [1.82, 2.24) is 9.80 Å². The Morgan fingerprint density at radius 2 is 1.61 bits per heavy atom. The Kier molecular flexibility index (Phi) is 6.75. The molecule has 2 aromatic rings. The fourth-order valence-electron chi connectivity index (χ4n) is 4.48. The molecular weight excluding hydrogens is 388 g/mol. The molecule has 1 unspecified atom stereocenters. The molecule has 2 heterocycles. The Balaban J connectivity index is 1.25. The highest BCUT2D eigenvalue weighted by molar-refractivity contribution is 5.89. The molecule has 6 heteroatoms. The maximum Gasteiger partial charge on any atom is 0.321 e. The minimum absolute atomic E-state index is 0.0718. The molecular formula is C25H32N4O2. The first-order valence-electron chi connectivity index (χ1n) is 11.3. The molecule has 4 rings (SSSR count). The van der Waals surface area contributed by atoms with Gasteiger partial charge in [0.2, 0.25) is 5.91 Å². The highest BCUT2D eigenvalue weighted by atomic mass is 16.2. The van der Waals surface area contributed by atoms with Crippen LogP contribution in [-0.4, -0.2) is 61.0 Å². The van der Waals surface area contributed by atoms with Gasteiger partial charge in [-0.2, -0.15) is 0 Å². The van der Waals surface area contributed by atoms with Crippen LogP contribution in [0, 0.1) is 12.8 Å². The van der Waals surface area contributed by atoms with E-state index < -0.39 is 0 Å². The van der Waals surface area contributed by atoms with Crippen molar-refractivity contribution in [2.45, 2.75) is 26.2 Å². The number of carbonyl (C=O) groups excluding carboxylic acids is 2. The second kappa shape index (κ2) is 9.86. The molecule has 0 aromatic heterocycles. The standard InChI is InChI=1S/C25H32N4O2/c1-20-9-11-22(12-10-20)26-25(31)29-13-5-6-21(19-29)18-24(30)28-16-14-27(15-17-28)23-7-3-2-4-8-23/h2-4,7-12,21H,5-6,13-19H2,1H3,(H,26,31). The Labute approximate surface area is 184 Å². The van der Waals surface area contributed by atoms with E-state index in [9.17, 15) is 9.59 Å². The summed E-state index contributed by atoms with van der Waals surface area (Å²) >= 11 is 0. The average molecular weight is 421 g/mol. The van der Waals surface area contributed by atoms with E-state index in [0.717, 1.165) is 51.3 Å². The third-order valence-electron chi connectivity index (χ3n) is 6.33. The Morgan fingerprint density at radius 3 is 2.32 bits per heavy atom. The maximum atomic E-state index is 12.9. The Bertz CT molecular complexity index is 876. The maximum absolute atomic E-state index is 12.9. The van der Waals surface area contributed by atoms with Gasteiger partial charge in [-0.05, 0) is 49.9 Å². The van der Waals surface area contributed by atoms with E-state index >= 15 is 0 Å². The van der Waals surface area contributed by atoms with Crippen molar-refractivity contribution in [3.8, 4) is 0 Å². The van der Waals surface area contributed by atoms with Crippen molar-refractivity contribution >= 4 is 23.3 Å². The molecule has 2 aliphatic heterocycles. The van der Waals surface area contributed by atoms with Crippen LogP contribution in [0.1, 0.15) is 24.8 Å². The van der Waals surface area contributed by atoms with Crippen LogP contribution >= 0.6 is 0 Å². The van der Waals surface area contributed by atoms with Crippen molar-refractivity contribution in [3.63, 3.8) is 0 Å². The molecule has 1 atom stereocenters.